The van der Waals surface area contributed by atoms with Crippen molar-refractivity contribution in [1.82, 2.24) is 4.98 Å². The first-order valence-electron chi connectivity index (χ1n) is 6.79. The average Bonchev–Trinajstić information content (AvgIpc) is 2.47. The first-order valence-corrected chi connectivity index (χ1v) is 6.79. The molecule has 0 saturated carbocycles. The maximum atomic E-state index is 12.4. The highest BCUT2D eigenvalue weighted by atomic mass is 19.4. The Labute approximate surface area is 130 Å². The molecule has 3 nitrogen and oxygen atoms in total. The predicted octanol–water partition coefficient (Wildman–Crippen LogP) is 4.81. The fraction of sp³-hybridized carbons (Fsp3) is 0.118. The zero-order valence-electron chi connectivity index (χ0n) is 12.1. The molecule has 1 aromatic heterocycles. The molecule has 0 aliphatic carbocycles. The van der Waals surface area contributed by atoms with Gasteiger partial charge in [-0.2, -0.15) is 0 Å². The van der Waals surface area contributed by atoms with E-state index in [1.807, 2.05) is 13.0 Å². The highest BCUT2D eigenvalue weighted by molar-refractivity contribution is 5.96. The van der Waals surface area contributed by atoms with Crippen LogP contribution in [0.3, 0.4) is 0 Å². The van der Waals surface area contributed by atoms with E-state index in [9.17, 15) is 18.3 Å². The van der Waals surface area contributed by atoms with Crippen LogP contribution in [0.4, 0.5) is 13.2 Å². The summed E-state index contributed by atoms with van der Waals surface area (Å²) in [5.74, 6) is -0.519. The van der Waals surface area contributed by atoms with E-state index < -0.39 is 6.36 Å². The van der Waals surface area contributed by atoms with E-state index in [0.717, 1.165) is 23.2 Å². The number of hydrogen-bond acceptors (Lipinski definition) is 3. The highest BCUT2D eigenvalue weighted by Crippen LogP contribution is 2.37. The van der Waals surface area contributed by atoms with Crippen LogP contribution in [0.1, 0.15) is 5.69 Å². The number of hydrogen-bond donors (Lipinski definition) is 1. The third-order valence-electron chi connectivity index (χ3n) is 3.36. The summed E-state index contributed by atoms with van der Waals surface area (Å²) in [5.41, 5.74) is 2.36. The molecule has 3 rings (SSSR count). The molecular formula is C17H12F3NO2. The van der Waals surface area contributed by atoms with Crippen molar-refractivity contribution in [2.24, 2.45) is 0 Å². The van der Waals surface area contributed by atoms with E-state index >= 15 is 0 Å². The number of aromatic hydroxyl groups is 1. The molecule has 0 unspecified atom stereocenters. The molecule has 118 valence electrons. The Bertz CT molecular complexity index is 875. The van der Waals surface area contributed by atoms with Crippen molar-refractivity contribution in [3.63, 3.8) is 0 Å². The Kier molecular flexibility index (Phi) is 3.60. The number of alkyl halides is 3. The Balaban J connectivity index is 2.16. The minimum Gasteiger partial charge on any atom is -0.507 e. The summed E-state index contributed by atoms with van der Waals surface area (Å²) < 4.78 is 41.1. The van der Waals surface area contributed by atoms with Gasteiger partial charge in [0.15, 0.2) is 0 Å². The molecule has 0 bridgehead atoms. The lowest BCUT2D eigenvalue weighted by atomic mass is 9.99. The molecule has 3 aromatic rings. The van der Waals surface area contributed by atoms with E-state index in [-0.39, 0.29) is 17.1 Å². The van der Waals surface area contributed by atoms with Crippen LogP contribution in [0.25, 0.3) is 22.0 Å². The second-order valence-electron chi connectivity index (χ2n) is 5.05. The van der Waals surface area contributed by atoms with Crippen molar-refractivity contribution in [2.45, 2.75) is 13.3 Å². The maximum absolute atomic E-state index is 12.4. The standard InChI is InChI=1S/C17H12F3NO2/c1-10-5-7-13-12(3-2-4-15(13)21-10)14-9-11(6-8-16(14)22)23-17(18,19)20/h2-9,22H,1H3. The van der Waals surface area contributed by atoms with Crippen molar-refractivity contribution in [1.29, 1.82) is 0 Å². The van der Waals surface area contributed by atoms with Crippen LogP contribution in [-0.2, 0) is 0 Å². The van der Waals surface area contributed by atoms with Gasteiger partial charge in [-0.1, -0.05) is 18.2 Å². The Morgan fingerprint density at radius 2 is 1.78 bits per heavy atom. The normalized spacial score (nSPS) is 11.7. The van der Waals surface area contributed by atoms with Gasteiger partial charge >= 0.3 is 6.36 Å². The number of pyridine rings is 1. The van der Waals surface area contributed by atoms with Gasteiger partial charge in [0.05, 0.1) is 5.52 Å². The van der Waals surface area contributed by atoms with Crippen molar-refractivity contribution >= 4 is 10.9 Å². The third-order valence-corrected chi connectivity index (χ3v) is 3.36. The predicted molar refractivity (Wildman–Crippen MR) is 80.3 cm³/mol. The van der Waals surface area contributed by atoms with Gasteiger partial charge in [0.2, 0.25) is 0 Å². The van der Waals surface area contributed by atoms with Crippen molar-refractivity contribution in [3.8, 4) is 22.6 Å². The fourth-order valence-electron chi connectivity index (χ4n) is 2.42. The molecule has 0 amide bonds. The molecule has 2 aromatic carbocycles. The topological polar surface area (TPSA) is 42.4 Å². The first kappa shape index (κ1) is 15.1. The fourth-order valence-corrected chi connectivity index (χ4v) is 2.42. The van der Waals surface area contributed by atoms with Crippen LogP contribution in [0.2, 0.25) is 0 Å². The lowest BCUT2D eigenvalue weighted by Crippen LogP contribution is -2.17. The van der Waals surface area contributed by atoms with Crippen LogP contribution in [0.5, 0.6) is 11.5 Å². The van der Waals surface area contributed by atoms with Gasteiger partial charge < -0.3 is 9.84 Å². The zero-order valence-corrected chi connectivity index (χ0v) is 12.1. The molecule has 0 aliphatic rings. The minimum atomic E-state index is -4.79. The third kappa shape index (κ3) is 3.21. The number of phenols is 1. The molecule has 1 N–H and O–H groups in total. The number of aromatic nitrogens is 1. The second kappa shape index (κ2) is 5.46. The van der Waals surface area contributed by atoms with Crippen molar-refractivity contribution < 1.29 is 23.0 Å². The second-order valence-corrected chi connectivity index (χ2v) is 5.05. The smallest absolute Gasteiger partial charge is 0.507 e. The summed E-state index contributed by atoms with van der Waals surface area (Å²) in [5, 5.41) is 10.8. The summed E-state index contributed by atoms with van der Waals surface area (Å²) in [6.07, 6.45) is -4.79. The maximum Gasteiger partial charge on any atom is 0.573 e. The summed E-state index contributed by atoms with van der Waals surface area (Å²) in [6.45, 7) is 1.85. The van der Waals surface area contributed by atoms with Crippen LogP contribution in [-0.4, -0.2) is 16.5 Å². The van der Waals surface area contributed by atoms with Gasteiger partial charge in [-0.05, 0) is 42.8 Å². The number of aryl methyl sites for hydroxylation is 1. The summed E-state index contributed by atoms with van der Waals surface area (Å²) in [6, 6.07) is 12.3. The van der Waals surface area contributed by atoms with Gasteiger partial charge in [-0.15, -0.1) is 13.2 Å². The van der Waals surface area contributed by atoms with Crippen LogP contribution in [0.15, 0.2) is 48.5 Å². The van der Waals surface area contributed by atoms with Gasteiger partial charge in [0, 0.05) is 16.6 Å². The Morgan fingerprint density at radius 3 is 2.52 bits per heavy atom. The Hall–Kier alpha value is -2.76. The summed E-state index contributed by atoms with van der Waals surface area (Å²) in [4.78, 5) is 4.38. The lowest BCUT2D eigenvalue weighted by molar-refractivity contribution is -0.274. The largest absolute Gasteiger partial charge is 0.573 e. The molecule has 23 heavy (non-hydrogen) atoms. The van der Waals surface area contributed by atoms with E-state index in [1.54, 1.807) is 24.3 Å². The number of fused-ring (bicyclic) bond motifs is 1. The Morgan fingerprint density at radius 1 is 1.00 bits per heavy atom. The van der Waals surface area contributed by atoms with Crippen molar-refractivity contribution in [3.05, 3.63) is 54.2 Å². The number of phenolic OH excluding ortho intramolecular Hbond substituents is 1. The van der Waals surface area contributed by atoms with Gasteiger partial charge in [-0.3, -0.25) is 4.98 Å². The van der Waals surface area contributed by atoms with E-state index in [0.29, 0.717) is 11.1 Å². The zero-order chi connectivity index (χ0) is 16.6. The SMILES string of the molecule is Cc1ccc2c(-c3cc(OC(F)(F)F)ccc3O)cccc2n1. The summed E-state index contributed by atoms with van der Waals surface area (Å²) in [7, 11) is 0. The van der Waals surface area contributed by atoms with Gasteiger partial charge in [-0.25, -0.2) is 0 Å². The van der Waals surface area contributed by atoms with Crippen LogP contribution < -0.4 is 4.74 Å². The monoisotopic (exact) mass is 319 g/mol. The average molecular weight is 319 g/mol. The highest BCUT2D eigenvalue weighted by Gasteiger charge is 2.31. The van der Waals surface area contributed by atoms with Gasteiger partial charge in [0.1, 0.15) is 11.5 Å². The lowest BCUT2D eigenvalue weighted by Gasteiger charge is -2.13. The molecule has 0 radical (unpaired) electrons. The molecule has 0 fully saturated rings. The number of nitrogens with zero attached hydrogens (tertiary/aromatic N) is 1. The van der Waals surface area contributed by atoms with Crippen molar-refractivity contribution in [2.75, 3.05) is 0 Å². The molecule has 1 heterocycles. The molecule has 6 heteroatoms. The number of halogens is 3. The molecule has 0 atom stereocenters. The summed E-state index contributed by atoms with van der Waals surface area (Å²) >= 11 is 0. The number of ether oxygens (including phenoxy) is 1. The first-order chi connectivity index (χ1) is 10.8. The van der Waals surface area contributed by atoms with Gasteiger partial charge in [0.25, 0.3) is 0 Å². The molecule has 0 saturated heterocycles. The quantitative estimate of drug-likeness (QED) is 0.737. The van der Waals surface area contributed by atoms with E-state index in [2.05, 4.69) is 9.72 Å². The van der Waals surface area contributed by atoms with Crippen LogP contribution in [0, 0.1) is 6.92 Å². The number of benzene rings is 2. The van der Waals surface area contributed by atoms with Crippen LogP contribution >= 0.6 is 0 Å². The molecule has 0 aliphatic heterocycles. The molecule has 0 spiro atoms. The van der Waals surface area contributed by atoms with E-state index in [1.165, 1.54) is 6.07 Å². The molecular weight excluding hydrogens is 307 g/mol. The minimum absolute atomic E-state index is 0.132. The van der Waals surface area contributed by atoms with E-state index in [4.69, 9.17) is 0 Å². The number of rotatable bonds is 2.